The Labute approximate surface area is 84.8 Å². The smallest absolute Gasteiger partial charge is 0.0802 e. The quantitative estimate of drug-likeness (QED) is 0.573. The van der Waals surface area contributed by atoms with E-state index in [1.165, 1.54) is 0 Å². The Morgan fingerprint density at radius 3 is 2.86 bits per heavy atom. The van der Waals surface area contributed by atoms with Gasteiger partial charge in [0.15, 0.2) is 0 Å². The van der Waals surface area contributed by atoms with E-state index >= 15 is 0 Å². The molecule has 0 spiro atoms. The largest absolute Gasteiger partial charge is 0.304 e. The van der Waals surface area contributed by atoms with Crippen molar-refractivity contribution in [1.29, 1.82) is 0 Å². The Balaban J connectivity index is 2.82. The lowest BCUT2D eigenvalue weighted by atomic mass is 9.99. The van der Waals surface area contributed by atoms with Gasteiger partial charge >= 0.3 is 0 Å². The van der Waals surface area contributed by atoms with Crippen molar-refractivity contribution < 1.29 is 4.84 Å². The van der Waals surface area contributed by atoms with Crippen LogP contribution in [-0.4, -0.2) is 12.1 Å². The van der Waals surface area contributed by atoms with E-state index in [4.69, 9.17) is 4.84 Å². The lowest BCUT2D eigenvalue weighted by molar-refractivity contribution is 0.0483. The third kappa shape index (κ3) is 2.65. The second kappa shape index (κ2) is 5.52. The molecule has 0 radical (unpaired) electrons. The van der Waals surface area contributed by atoms with Crippen LogP contribution in [0, 0.1) is 5.92 Å². The summed E-state index contributed by atoms with van der Waals surface area (Å²) < 4.78 is 0. The number of hydroxylamine groups is 1. The van der Waals surface area contributed by atoms with Crippen molar-refractivity contribution in [2.75, 3.05) is 7.11 Å². The minimum atomic E-state index is 0.0544. The van der Waals surface area contributed by atoms with E-state index in [1.807, 2.05) is 24.3 Å². The molecule has 0 aliphatic rings. The van der Waals surface area contributed by atoms with Crippen LogP contribution in [-0.2, 0) is 4.84 Å². The average molecular weight is 192 g/mol. The summed E-state index contributed by atoms with van der Waals surface area (Å²) in [6, 6.07) is 5.88. The van der Waals surface area contributed by atoms with Crippen molar-refractivity contribution in [3.63, 3.8) is 0 Å². The molecule has 1 N–H and O–H groups in total. The summed E-state index contributed by atoms with van der Waals surface area (Å²) in [5.74, 6) is 0.268. The summed E-state index contributed by atoms with van der Waals surface area (Å²) in [6.07, 6.45) is 3.65. The normalized spacial score (nSPS) is 14.7. The predicted molar refractivity (Wildman–Crippen MR) is 56.5 cm³/mol. The molecule has 0 saturated heterocycles. The van der Waals surface area contributed by atoms with Crippen LogP contribution in [0.5, 0.6) is 0 Å². The number of pyridine rings is 1. The van der Waals surface area contributed by atoms with E-state index in [0.29, 0.717) is 0 Å². The molecule has 3 heteroatoms. The molecule has 1 rings (SSSR count). The van der Waals surface area contributed by atoms with Gasteiger partial charge in [-0.3, -0.25) is 4.98 Å². The lowest BCUT2D eigenvalue weighted by Gasteiger charge is -2.20. The molecule has 0 aliphatic heterocycles. The van der Waals surface area contributed by atoms with Crippen LogP contribution in [0.1, 0.15) is 18.7 Å². The molecule has 1 heterocycles. The van der Waals surface area contributed by atoms with Crippen LogP contribution in [0.3, 0.4) is 0 Å². The molecule has 0 aliphatic carbocycles. The summed E-state index contributed by atoms with van der Waals surface area (Å²) in [4.78, 5) is 9.22. The van der Waals surface area contributed by atoms with Crippen molar-refractivity contribution in [1.82, 2.24) is 10.5 Å². The molecule has 14 heavy (non-hydrogen) atoms. The first-order valence-electron chi connectivity index (χ1n) is 4.61. The van der Waals surface area contributed by atoms with Gasteiger partial charge in [0.1, 0.15) is 0 Å². The fourth-order valence-corrected chi connectivity index (χ4v) is 1.26. The number of nitrogens with one attached hydrogen (secondary N) is 1. The molecule has 0 unspecified atom stereocenters. The molecular formula is C11H16N2O. The SMILES string of the molecule is C=C[C@@H](C)[C@H](NOC)c1ccccn1. The number of hydrogen-bond donors (Lipinski definition) is 1. The second-order valence-corrected chi connectivity index (χ2v) is 3.15. The minimum absolute atomic E-state index is 0.0544. The summed E-state index contributed by atoms with van der Waals surface area (Å²) >= 11 is 0. The first-order chi connectivity index (χ1) is 6.79. The Morgan fingerprint density at radius 2 is 2.36 bits per heavy atom. The maximum Gasteiger partial charge on any atom is 0.0802 e. The van der Waals surface area contributed by atoms with E-state index in [-0.39, 0.29) is 12.0 Å². The Morgan fingerprint density at radius 1 is 1.57 bits per heavy atom. The highest BCUT2D eigenvalue weighted by molar-refractivity contribution is 5.10. The molecule has 0 aromatic carbocycles. The minimum Gasteiger partial charge on any atom is -0.304 e. The molecule has 0 bridgehead atoms. The first-order valence-corrected chi connectivity index (χ1v) is 4.61. The van der Waals surface area contributed by atoms with Crippen molar-refractivity contribution >= 4 is 0 Å². The summed E-state index contributed by atoms with van der Waals surface area (Å²) in [6.45, 7) is 5.83. The van der Waals surface area contributed by atoms with Gasteiger partial charge in [0.05, 0.1) is 18.8 Å². The van der Waals surface area contributed by atoms with Crippen LogP contribution in [0.15, 0.2) is 37.1 Å². The highest BCUT2D eigenvalue weighted by Gasteiger charge is 2.17. The van der Waals surface area contributed by atoms with Gasteiger partial charge < -0.3 is 4.84 Å². The van der Waals surface area contributed by atoms with Crippen LogP contribution in [0.25, 0.3) is 0 Å². The monoisotopic (exact) mass is 192 g/mol. The third-order valence-corrected chi connectivity index (χ3v) is 2.15. The van der Waals surface area contributed by atoms with E-state index in [0.717, 1.165) is 5.69 Å². The Kier molecular flexibility index (Phi) is 4.29. The van der Waals surface area contributed by atoms with Crippen molar-refractivity contribution in [2.45, 2.75) is 13.0 Å². The molecular weight excluding hydrogens is 176 g/mol. The summed E-state index contributed by atoms with van der Waals surface area (Å²) in [5, 5.41) is 0. The van der Waals surface area contributed by atoms with Gasteiger partial charge in [-0.15, -0.1) is 6.58 Å². The molecule has 0 fully saturated rings. The zero-order chi connectivity index (χ0) is 10.4. The summed E-state index contributed by atoms with van der Waals surface area (Å²) in [7, 11) is 1.60. The molecule has 0 saturated carbocycles. The van der Waals surface area contributed by atoms with Gasteiger partial charge in [-0.05, 0) is 18.1 Å². The maximum absolute atomic E-state index is 4.94. The molecule has 1 aromatic rings. The van der Waals surface area contributed by atoms with Gasteiger partial charge in [0.25, 0.3) is 0 Å². The van der Waals surface area contributed by atoms with Gasteiger partial charge in [-0.1, -0.05) is 19.1 Å². The zero-order valence-corrected chi connectivity index (χ0v) is 8.60. The van der Waals surface area contributed by atoms with Crippen molar-refractivity contribution in [3.05, 3.63) is 42.7 Å². The number of nitrogens with zero attached hydrogens (tertiary/aromatic N) is 1. The highest BCUT2D eigenvalue weighted by Crippen LogP contribution is 2.20. The van der Waals surface area contributed by atoms with Crippen LogP contribution in [0.2, 0.25) is 0 Å². The van der Waals surface area contributed by atoms with E-state index in [1.54, 1.807) is 13.3 Å². The molecule has 3 nitrogen and oxygen atoms in total. The Bertz CT molecular complexity index is 274. The van der Waals surface area contributed by atoms with E-state index < -0.39 is 0 Å². The maximum atomic E-state index is 4.94. The van der Waals surface area contributed by atoms with Crippen LogP contribution < -0.4 is 5.48 Å². The first kappa shape index (κ1) is 10.9. The van der Waals surface area contributed by atoms with Crippen LogP contribution in [0.4, 0.5) is 0 Å². The number of aromatic nitrogens is 1. The lowest BCUT2D eigenvalue weighted by Crippen LogP contribution is -2.25. The van der Waals surface area contributed by atoms with Gasteiger partial charge in [0.2, 0.25) is 0 Å². The molecule has 1 aromatic heterocycles. The zero-order valence-electron chi connectivity index (χ0n) is 8.60. The fraction of sp³-hybridized carbons (Fsp3) is 0.364. The summed E-state index contributed by atoms with van der Waals surface area (Å²) in [5.41, 5.74) is 3.88. The second-order valence-electron chi connectivity index (χ2n) is 3.15. The van der Waals surface area contributed by atoms with E-state index in [9.17, 15) is 0 Å². The number of rotatable bonds is 5. The topological polar surface area (TPSA) is 34.1 Å². The van der Waals surface area contributed by atoms with Gasteiger partial charge in [-0.2, -0.15) is 5.48 Å². The highest BCUT2D eigenvalue weighted by atomic mass is 16.6. The van der Waals surface area contributed by atoms with Gasteiger partial charge in [0, 0.05) is 6.20 Å². The van der Waals surface area contributed by atoms with Crippen molar-refractivity contribution in [3.8, 4) is 0 Å². The molecule has 76 valence electrons. The average Bonchev–Trinajstić information content (AvgIpc) is 2.26. The predicted octanol–water partition coefficient (Wildman–Crippen LogP) is 2.10. The molecule has 2 atom stereocenters. The number of hydrogen-bond acceptors (Lipinski definition) is 3. The standard InChI is InChI=1S/C11H16N2O/c1-4-9(2)11(13-14-3)10-7-5-6-8-12-10/h4-9,11,13H,1H2,2-3H3/t9-,11+/m1/s1. The van der Waals surface area contributed by atoms with Gasteiger partial charge in [-0.25, -0.2) is 0 Å². The Hall–Kier alpha value is -1.19. The molecule has 0 amide bonds. The third-order valence-electron chi connectivity index (χ3n) is 2.15. The fourth-order valence-electron chi connectivity index (χ4n) is 1.26. The van der Waals surface area contributed by atoms with Crippen molar-refractivity contribution in [2.24, 2.45) is 5.92 Å². The van der Waals surface area contributed by atoms with Crippen LogP contribution >= 0.6 is 0 Å². The van der Waals surface area contributed by atoms with E-state index in [2.05, 4.69) is 24.0 Å².